The highest BCUT2D eigenvalue weighted by Crippen LogP contribution is 2.32. The van der Waals surface area contributed by atoms with Crippen LogP contribution in [0, 0.1) is 0 Å². The largest absolute Gasteiger partial charge is 0.490 e. The number of halogens is 1. The van der Waals surface area contributed by atoms with Crippen molar-refractivity contribution in [2.45, 2.75) is 39.5 Å². The van der Waals surface area contributed by atoms with Crippen molar-refractivity contribution in [3.63, 3.8) is 0 Å². The zero-order chi connectivity index (χ0) is 19.1. The van der Waals surface area contributed by atoms with Gasteiger partial charge in [0, 0.05) is 37.1 Å². The molecule has 2 aromatic rings. The minimum absolute atomic E-state index is 0. The standard InChI is InChI=1S/C19H27N5O3.HI/c1-4-20-19(21-9-8-17-23-18(13(2)3)24-27-17)22-14-6-7-15-16(12-14)26-11-5-10-25-15;/h6-7,12-13H,4-5,8-11H2,1-3H3,(H2,20,21,22);1H. The molecule has 28 heavy (non-hydrogen) atoms. The number of aromatic nitrogens is 2. The number of hydrogen-bond donors (Lipinski definition) is 2. The molecule has 2 N–H and O–H groups in total. The Labute approximate surface area is 182 Å². The molecule has 1 aliphatic rings. The predicted octanol–water partition coefficient (Wildman–Crippen LogP) is 3.59. The second kappa shape index (κ2) is 11.1. The maximum Gasteiger partial charge on any atom is 0.228 e. The van der Waals surface area contributed by atoms with Crippen LogP contribution in [-0.4, -0.2) is 42.4 Å². The smallest absolute Gasteiger partial charge is 0.228 e. The minimum atomic E-state index is 0. The molecule has 1 aromatic carbocycles. The van der Waals surface area contributed by atoms with Gasteiger partial charge in [-0.1, -0.05) is 19.0 Å². The summed E-state index contributed by atoms with van der Waals surface area (Å²) in [5.41, 5.74) is 0.888. The Hall–Kier alpha value is -2.04. The van der Waals surface area contributed by atoms with E-state index in [4.69, 9.17) is 14.0 Å². The molecule has 0 spiro atoms. The van der Waals surface area contributed by atoms with E-state index in [2.05, 4.69) is 25.8 Å². The summed E-state index contributed by atoms with van der Waals surface area (Å²) in [6.45, 7) is 8.74. The summed E-state index contributed by atoms with van der Waals surface area (Å²) >= 11 is 0. The molecule has 9 heteroatoms. The van der Waals surface area contributed by atoms with Gasteiger partial charge in [-0.05, 0) is 19.1 Å². The Bertz CT molecular complexity index is 779. The minimum Gasteiger partial charge on any atom is -0.490 e. The molecule has 0 bridgehead atoms. The molecule has 8 nitrogen and oxygen atoms in total. The van der Waals surface area contributed by atoms with Crippen LogP contribution in [0.1, 0.15) is 44.8 Å². The van der Waals surface area contributed by atoms with E-state index in [1.165, 1.54) is 0 Å². The second-order valence-corrected chi connectivity index (χ2v) is 6.55. The lowest BCUT2D eigenvalue weighted by molar-refractivity contribution is 0.297. The average Bonchev–Trinajstić information content (AvgIpc) is 3.00. The Morgan fingerprint density at radius 3 is 2.71 bits per heavy atom. The highest BCUT2D eigenvalue weighted by molar-refractivity contribution is 14.0. The van der Waals surface area contributed by atoms with E-state index >= 15 is 0 Å². The van der Waals surface area contributed by atoms with Gasteiger partial charge in [0.25, 0.3) is 0 Å². The fourth-order valence-electron chi connectivity index (χ4n) is 2.55. The molecular weight excluding hydrogens is 473 g/mol. The van der Waals surface area contributed by atoms with Crippen molar-refractivity contribution in [2.75, 3.05) is 31.6 Å². The molecule has 0 unspecified atom stereocenters. The van der Waals surface area contributed by atoms with E-state index in [1.807, 2.05) is 39.0 Å². The van der Waals surface area contributed by atoms with Gasteiger partial charge in [-0.15, -0.1) is 24.0 Å². The molecule has 1 aromatic heterocycles. The Morgan fingerprint density at radius 1 is 1.21 bits per heavy atom. The van der Waals surface area contributed by atoms with E-state index in [1.54, 1.807) is 0 Å². The molecule has 0 fully saturated rings. The Morgan fingerprint density at radius 2 is 2.00 bits per heavy atom. The lowest BCUT2D eigenvalue weighted by Gasteiger charge is -2.13. The summed E-state index contributed by atoms with van der Waals surface area (Å²) in [4.78, 5) is 8.96. The van der Waals surface area contributed by atoms with E-state index in [-0.39, 0.29) is 29.9 Å². The van der Waals surface area contributed by atoms with Gasteiger partial charge in [-0.25, -0.2) is 0 Å². The molecule has 0 saturated carbocycles. The number of nitrogens with one attached hydrogen (secondary N) is 2. The number of rotatable bonds is 6. The summed E-state index contributed by atoms with van der Waals surface area (Å²) < 4.78 is 16.7. The van der Waals surface area contributed by atoms with Crippen LogP contribution in [0.2, 0.25) is 0 Å². The summed E-state index contributed by atoms with van der Waals surface area (Å²) in [7, 11) is 0. The Kier molecular flexibility index (Phi) is 8.81. The molecule has 0 amide bonds. The molecule has 0 saturated heterocycles. The third-order valence-electron chi connectivity index (χ3n) is 3.95. The second-order valence-electron chi connectivity index (χ2n) is 6.55. The molecule has 1 aliphatic heterocycles. The van der Waals surface area contributed by atoms with E-state index in [0.29, 0.717) is 38.0 Å². The van der Waals surface area contributed by atoms with Crippen LogP contribution in [0.15, 0.2) is 27.7 Å². The van der Waals surface area contributed by atoms with E-state index in [0.717, 1.165) is 36.0 Å². The first-order valence-corrected chi connectivity index (χ1v) is 9.43. The lowest BCUT2D eigenvalue weighted by atomic mass is 10.2. The van der Waals surface area contributed by atoms with Crippen LogP contribution >= 0.6 is 24.0 Å². The number of aliphatic imine (C=N–C) groups is 1. The van der Waals surface area contributed by atoms with Crippen molar-refractivity contribution in [3.8, 4) is 11.5 Å². The van der Waals surface area contributed by atoms with Crippen molar-refractivity contribution in [2.24, 2.45) is 4.99 Å². The molecule has 0 atom stereocenters. The molecule has 0 aliphatic carbocycles. The van der Waals surface area contributed by atoms with Crippen molar-refractivity contribution in [3.05, 3.63) is 29.9 Å². The number of fused-ring (bicyclic) bond motifs is 1. The first-order valence-electron chi connectivity index (χ1n) is 9.43. The number of benzene rings is 1. The van der Waals surface area contributed by atoms with Crippen LogP contribution in [0.3, 0.4) is 0 Å². The van der Waals surface area contributed by atoms with Crippen LogP contribution in [0.25, 0.3) is 0 Å². The van der Waals surface area contributed by atoms with Gasteiger partial charge in [0.05, 0.1) is 19.8 Å². The number of nitrogens with zero attached hydrogens (tertiary/aromatic N) is 3. The quantitative estimate of drug-likeness (QED) is 0.355. The van der Waals surface area contributed by atoms with Crippen molar-refractivity contribution in [1.29, 1.82) is 0 Å². The average molecular weight is 501 g/mol. The fraction of sp³-hybridized carbons (Fsp3) is 0.526. The van der Waals surface area contributed by atoms with Gasteiger partial charge in [0.2, 0.25) is 5.89 Å². The van der Waals surface area contributed by atoms with E-state index < -0.39 is 0 Å². The Balaban J connectivity index is 0.00000280. The SMILES string of the molecule is CCNC(=NCCc1nc(C(C)C)no1)Nc1ccc2c(c1)OCCCO2.I. The maximum atomic E-state index is 5.74. The number of anilines is 1. The van der Waals surface area contributed by atoms with Crippen LogP contribution in [0.4, 0.5) is 5.69 Å². The first kappa shape index (κ1) is 22.3. The van der Waals surface area contributed by atoms with Gasteiger partial charge in [-0.2, -0.15) is 4.98 Å². The fourth-order valence-corrected chi connectivity index (χ4v) is 2.55. The molecule has 154 valence electrons. The highest BCUT2D eigenvalue weighted by atomic mass is 127. The summed E-state index contributed by atoms with van der Waals surface area (Å²) in [5, 5.41) is 10.5. The number of hydrogen-bond acceptors (Lipinski definition) is 6. The molecule has 0 radical (unpaired) electrons. The van der Waals surface area contributed by atoms with Gasteiger partial charge >= 0.3 is 0 Å². The van der Waals surface area contributed by atoms with Crippen LogP contribution < -0.4 is 20.1 Å². The monoisotopic (exact) mass is 501 g/mol. The summed E-state index contributed by atoms with van der Waals surface area (Å²) in [5.74, 6) is 3.80. The number of guanidine groups is 1. The van der Waals surface area contributed by atoms with E-state index in [9.17, 15) is 0 Å². The van der Waals surface area contributed by atoms with Crippen molar-refractivity contribution in [1.82, 2.24) is 15.5 Å². The van der Waals surface area contributed by atoms with Gasteiger partial charge in [0.15, 0.2) is 23.3 Å². The van der Waals surface area contributed by atoms with Crippen LogP contribution in [0.5, 0.6) is 11.5 Å². The zero-order valence-electron chi connectivity index (χ0n) is 16.5. The molecular formula is C19H28IN5O3. The van der Waals surface area contributed by atoms with Gasteiger partial charge < -0.3 is 24.6 Å². The summed E-state index contributed by atoms with van der Waals surface area (Å²) in [6, 6.07) is 5.80. The lowest BCUT2D eigenvalue weighted by Crippen LogP contribution is -2.30. The molecule has 3 rings (SSSR count). The third kappa shape index (κ3) is 6.25. The summed E-state index contributed by atoms with van der Waals surface area (Å²) in [6.07, 6.45) is 1.48. The normalized spacial score (nSPS) is 13.6. The van der Waals surface area contributed by atoms with Gasteiger partial charge in [0.1, 0.15) is 0 Å². The number of ether oxygens (including phenoxy) is 2. The molecule has 2 heterocycles. The first-order chi connectivity index (χ1) is 13.2. The highest BCUT2D eigenvalue weighted by Gasteiger charge is 2.12. The topological polar surface area (TPSA) is 93.8 Å². The third-order valence-corrected chi connectivity index (χ3v) is 3.95. The van der Waals surface area contributed by atoms with Gasteiger partial charge in [-0.3, -0.25) is 4.99 Å². The zero-order valence-corrected chi connectivity index (χ0v) is 18.9. The van der Waals surface area contributed by atoms with Crippen molar-refractivity contribution < 1.29 is 14.0 Å². The maximum absolute atomic E-state index is 5.74. The van der Waals surface area contributed by atoms with Crippen molar-refractivity contribution >= 4 is 35.6 Å². The van der Waals surface area contributed by atoms with Crippen LogP contribution in [-0.2, 0) is 6.42 Å². The predicted molar refractivity (Wildman–Crippen MR) is 119 cm³/mol.